The average Bonchev–Trinajstić information content (AvgIpc) is 1.82. The molecule has 2 N–H and O–H groups in total. The Morgan fingerprint density at radius 1 is 1.70 bits per heavy atom. The number of nitrogens with two attached hydrogens (primary N) is 1. The zero-order valence-corrected chi connectivity index (χ0v) is 5.53. The summed E-state index contributed by atoms with van der Waals surface area (Å²) < 4.78 is 0. The Balaban J connectivity index is 3.64. The van der Waals surface area contributed by atoms with Crippen molar-refractivity contribution in [3.63, 3.8) is 0 Å². The smallest absolute Gasteiger partial charge is 0.225 e. The number of primary amides is 1. The first-order chi connectivity index (χ1) is 4.66. The lowest BCUT2D eigenvalue weighted by Crippen LogP contribution is -2.16. The van der Waals surface area contributed by atoms with Crippen molar-refractivity contribution in [3.8, 4) is 0 Å². The molecule has 0 bridgehead atoms. The molecule has 0 aliphatic heterocycles. The van der Waals surface area contributed by atoms with E-state index in [4.69, 9.17) is 5.73 Å². The number of hydrogen-bond donors (Lipinski definition) is 1. The molecule has 0 aromatic heterocycles. The zero-order valence-electron chi connectivity index (χ0n) is 5.53. The molecule has 1 amide bonds. The lowest BCUT2D eigenvalue weighted by atomic mass is 10.3. The third-order valence-corrected chi connectivity index (χ3v) is 0.651. The van der Waals surface area contributed by atoms with Gasteiger partial charge in [0.1, 0.15) is 13.3 Å². The Labute approximate surface area is 57.8 Å². The molecule has 0 aliphatic carbocycles. The van der Waals surface area contributed by atoms with E-state index in [2.05, 4.69) is 9.99 Å². The summed E-state index contributed by atoms with van der Waals surface area (Å²) in [5.74, 6) is -1.14. The summed E-state index contributed by atoms with van der Waals surface area (Å²) in [6.45, 7) is 0. The van der Waals surface area contributed by atoms with Crippen LogP contribution in [0.5, 0.6) is 0 Å². The van der Waals surface area contributed by atoms with Crippen LogP contribution in [-0.2, 0) is 14.4 Å². The largest absolute Gasteiger partial charge is 0.399 e. The summed E-state index contributed by atoms with van der Waals surface area (Å²) in [4.78, 5) is 24.7. The molecule has 0 saturated carbocycles. The van der Waals surface area contributed by atoms with Gasteiger partial charge >= 0.3 is 0 Å². The van der Waals surface area contributed by atoms with E-state index in [1.54, 1.807) is 0 Å². The first kappa shape index (κ1) is 8.61. The molecule has 5 heteroatoms. The van der Waals surface area contributed by atoms with Gasteiger partial charge < -0.3 is 10.6 Å². The summed E-state index contributed by atoms with van der Waals surface area (Å²) in [7, 11) is 1.30. The Morgan fingerprint density at radius 2 is 2.30 bits per heavy atom. The van der Waals surface area contributed by atoms with E-state index in [0.717, 1.165) is 6.21 Å². The third-order valence-electron chi connectivity index (χ3n) is 0.651. The molecule has 0 unspecified atom stereocenters. The molecule has 0 rings (SSSR count). The van der Waals surface area contributed by atoms with E-state index in [9.17, 15) is 9.59 Å². The highest BCUT2D eigenvalue weighted by Crippen LogP contribution is 1.77. The predicted molar refractivity (Wildman–Crippen MR) is 34.3 cm³/mol. The fraction of sp³-hybridized carbons (Fsp3) is 0.400. The monoisotopic (exact) mass is 144 g/mol. The van der Waals surface area contributed by atoms with Crippen LogP contribution >= 0.6 is 0 Å². The lowest BCUT2D eigenvalue weighted by Gasteiger charge is -1.86. The first-order valence-electron chi connectivity index (χ1n) is 2.54. The lowest BCUT2D eigenvalue weighted by molar-refractivity contribution is -0.123. The highest BCUT2D eigenvalue weighted by atomic mass is 16.6. The van der Waals surface area contributed by atoms with Crippen molar-refractivity contribution in [2.24, 2.45) is 10.9 Å². The molecule has 0 aliphatic rings. The number of hydrogen-bond acceptors (Lipinski definition) is 4. The highest BCUT2D eigenvalue weighted by molar-refractivity contribution is 6.31. The molecule has 0 aromatic rings. The second-order valence-corrected chi connectivity index (χ2v) is 1.53. The van der Waals surface area contributed by atoms with Crippen LogP contribution in [0.2, 0.25) is 0 Å². The fourth-order valence-corrected chi connectivity index (χ4v) is 0.329. The number of rotatable bonds is 4. The molecule has 0 atom stereocenters. The molecule has 5 nitrogen and oxygen atoms in total. The molecule has 0 saturated heterocycles. The fourth-order valence-electron chi connectivity index (χ4n) is 0.329. The molecule has 0 heterocycles. The summed E-state index contributed by atoms with van der Waals surface area (Å²) >= 11 is 0. The number of ketones is 1. The van der Waals surface area contributed by atoms with E-state index >= 15 is 0 Å². The third kappa shape index (κ3) is 4.76. The van der Waals surface area contributed by atoms with Crippen molar-refractivity contribution in [2.45, 2.75) is 6.42 Å². The highest BCUT2D eigenvalue weighted by Gasteiger charge is 2.01. The van der Waals surface area contributed by atoms with Crippen molar-refractivity contribution in [2.75, 3.05) is 7.11 Å². The number of amides is 1. The molecular formula is C5H8N2O3. The van der Waals surface area contributed by atoms with Crippen LogP contribution in [0.1, 0.15) is 6.42 Å². The van der Waals surface area contributed by atoms with E-state index in [1.807, 2.05) is 0 Å². The van der Waals surface area contributed by atoms with Crippen molar-refractivity contribution >= 4 is 17.9 Å². The first-order valence-corrected chi connectivity index (χ1v) is 2.54. The van der Waals surface area contributed by atoms with Gasteiger partial charge in [0.2, 0.25) is 5.91 Å². The van der Waals surface area contributed by atoms with Gasteiger partial charge in [-0.15, -0.1) is 0 Å². The van der Waals surface area contributed by atoms with Crippen molar-refractivity contribution in [3.05, 3.63) is 0 Å². The number of oxime groups is 1. The van der Waals surface area contributed by atoms with Gasteiger partial charge in [0, 0.05) is 0 Å². The Bertz CT molecular complexity index is 164. The van der Waals surface area contributed by atoms with E-state index in [-0.39, 0.29) is 6.42 Å². The van der Waals surface area contributed by atoms with Crippen LogP contribution in [0.15, 0.2) is 5.16 Å². The Kier molecular flexibility index (Phi) is 3.86. The van der Waals surface area contributed by atoms with Crippen LogP contribution in [0, 0.1) is 0 Å². The topological polar surface area (TPSA) is 81.8 Å². The van der Waals surface area contributed by atoms with Crippen LogP contribution in [0.3, 0.4) is 0 Å². The summed E-state index contributed by atoms with van der Waals surface area (Å²) in [5, 5.41) is 3.14. The van der Waals surface area contributed by atoms with E-state index < -0.39 is 11.7 Å². The van der Waals surface area contributed by atoms with Crippen LogP contribution in [-0.4, -0.2) is 25.0 Å². The SMILES string of the molecule is CON=CC(=O)CC(N)=O. The second kappa shape index (κ2) is 4.49. The Morgan fingerprint density at radius 3 is 2.70 bits per heavy atom. The van der Waals surface area contributed by atoms with Gasteiger partial charge in [-0.3, -0.25) is 9.59 Å². The summed E-state index contributed by atoms with van der Waals surface area (Å²) in [6, 6.07) is 0. The van der Waals surface area contributed by atoms with Gasteiger partial charge in [-0.1, -0.05) is 5.16 Å². The van der Waals surface area contributed by atoms with E-state index in [0.29, 0.717) is 0 Å². The maximum absolute atomic E-state index is 10.5. The van der Waals surface area contributed by atoms with Crippen molar-refractivity contribution in [1.82, 2.24) is 0 Å². The quantitative estimate of drug-likeness (QED) is 0.314. The molecule has 0 radical (unpaired) electrons. The standard InChI is InChI=1S/C5H8N2O3/c1-10-7-3-4(8)2-5(6)9/h3H,2H2,1H3,(H2,6,9). The summed E-state index contributed by atoms with van der Waals surface area (Å²) in [6.07, 6.45) is 0.581. The Hall–Kier alpha value is -1.39. The number of Topliss-reactive ketones (excluding diaryl/α,β-unsaturated/α-hetero) is 1. The van der Waals surface area contributed by atoms with Gasteiger partial charge in [0.25, 0.3) is 0 Å². The minimum atomic E-state index is -0.674. The van der Waals surface area contributed by atoms with Crippen molar-refractivity contribution < 1.29 is 14.4 Å². The molecule has 10 heavy (non-hydrogen) atoms. The average molecular weight is 144 g/mol. The molecule has 0 spiro atoms. The normalized spacial score (nSPS) is 9.70. The molecule has 56 valence electrons. The van der Waals surface area contributed by atoms with Crippen LogP contribution in [0.25, 0.3) is 0 Å². The van der Waals surface area contributed by atoms with E-state index in [1.165, 1.54) is 7.11 Å². The van der Waals surface area contributed by atoms with Gasteiger partial charge in [0.05, 0.1) is 6.42 Å². The number of nitrogens with zero attached hydrogens (tertiary/aromatic N) is 1. The maximum atomic E-state index is 10.5. The molecule has 0 aromatic carbocycles. The maximum Gasteiger partial charge on any atom is 0.225 e. The van der Waals surface area contributed by atoms with Crippen molar-refractivity contribution in [1.29, 1.82) is 0 Å². The van der Waals surface area contributed by atoms with Crippen LogP contribution in [0.4, 0.5) is 0 Å². The van der Waals surface area contributed by atoms with Gasteiger partial charge in [-0.05, 0) is 0 Å². The number of carbonyl (C=O) groups is 2. The van der Waals surface area contributed by atoms with Gasteiger partial charge in [-0.2, -0.15) is 0 Å². The molecular weight excluding hydrogens is 136 g/mol. The second-order valence-electron chi connectivity index (χ2n) is 1.53. The summed E-state index contributed by atoms with van der Waals surface area (Å²) in [5.41, 5.74) is 4.70. The van der Waals surface area contributed by atoms with Gasteiger partial charge in [-0.25, -0.2) is 0 Å². The molecule has 0 fully saturated rings. The minimum Gasteiger partial charge on any atom is -0.399 e. The van der Waals surface area contributed by atoms with Crippen LogP contribution < -0.4 is 5.73 Å². The minimum absolute atomic E-state index is 0.327. The predicted octanol–water partition coefficient (Wildman–Crippen LogP) is -0.937. The number of carbonyl (C=O) groups excluding carboxylic acids is 2. The zero-order chi connectivity index (χ0) is 7.98. The van der Waals surface area contributed by atoms with Gasteiger partial charge in [0.15, 0.2) is 5.78 Å².